The summed E-state index contributed by atoms with van der Waals surface area (Å²) >= 11 is 0. The molecule has 1 fully saturated rings. The molecule has 1 atom stereocenters. The molecule has 1 saturated carbocycles. The highest BCUT2D eigenvalue weighted by atomic mass is 16.5. The summed E-state index contributed by atoms with van der Waals surface area (Å²) in [6, 6.07) is 0. The Labute approximate surface area is 122 Å². The molecule has 1 N–H and O–H groups in total. The summed E-state index contributed by atoms with van der Waals surface area (Å²) in [5.41, 5.74) is 3.12. The first-order valence-corrected chi connectivity index (χ1v) is 7.65. The molecule has 2 rings (SSSR count). The average Bonchev–Trinajstić information content (AvgIpc) is 2.43. The maximum absolute atomic E-state index is 10.7. The molecule has 1 aromatic heterocycles. The number of aryl methyl sites for hydroxylation is 1. The molecule has 1 aliphatic rings. The highest BCUT2D eigenvalue weighted by Crippen LogP contribution is 2.40. The molecule has 1 heterocycles. The monoisotopic (exact) mass is 277 g/mol. The SMILES string of the molecule is COc1c(C)cnc(CC(O)C2(C)CCCCC2)c1C. The molecule has 0 aromatic carbocycles. The molecule has 112 valence electrons. The molecular formula is C17H27NO2. The summed E-state index contributed by atoms with van der Waals surface area (Å²) < 4.78 is 5.45. The minimum atomic E-state index is -0.318. The van der Waals surface area contributed by atoms with Crippen LogP contribution in [0, 0.1) is 19.3 Å². The summed E-state index contributed by atoms with van der Waals surface area (Å²) in [6.07, 6.45) is 8.16. The van der Waals surface area contributed by atoms with Gasteiger partial charge in [0.1, 0.15) is 5.75 Å². The van der Waals surface area contributed by atoms with E-state index in [4.69, 9.17) is 4.74 Å². The predicted octanol–water partition coefficient (Wildman–Crippen LogP) is 3.58. The van der Waals surface area contributed by atoms with Gasteiger partial charge in [0.05, 0.1) is 13.2 Å². The fourth-order valence-electron chi connectivity index (χ4n) is 3.40. The lowest BCUT2D eigenvalue weighted by Gasteiger charge is -2.38. The van der Waals surface area contributed by atoms with Crippen LogP contribution in [0.15, 0.2) is 6.20 Å². The number of hydrogen-bond acceptors (Lipinski definition) is 3. The first-order valence-electron chi connectivity index (χ1n) is 7.65. The van der Waals surface area contributed by atoms with Gasteiger partial charge in [-0.3, -0.25) is 4.98 Å². The molecule has 0 aliphatic heterocycles. The van der Waals surface area contributed by atoms with Crippen molar-refractivity contribution in [2.24, 2.45) is 5.41 Å². The lowest BCUT2D eigenvalue weighted by Crippen LogP contribution is -2.36. The van der Waals surface area contributed by atoms with Crippen molar-refractivity contribution in [3.63, 3.8) is 0 Å². The molecule has 20 heavy (non-hydrogen) atoms. The smallest absolute Gasteiger partial charge is 0.128 e. The number of methoxy groups -OCH3 is 1. The van der Waals surface area contributed by atoms with Crippen molar-refractivity contribution in [2.75, 3.05) is 7.11 Å². The van der Waals surface area contributed by atoms with Crippen molar-refractivity contribution < 1.29 is 9.84 Å². The van der Waals surface area contributed by atoms with Gasteiger partial charge in [0.25, 0.3) is 0 Å². The topological polar surface area (TPSA) is 42.4 Å². The Balaban J connectivity index is 2.17. The zero-order chi connectivity index (χ0) is 14.8. The second-order valence-corrected chi connectivity index (χ2v) is 6.48. The number of hydrogen-bond donors (Lipinski definition) is 1. The van der Waals surface area contributed by atoms with Crippen molar-refractivity contribution in [1.29, 1.82) is 0 Å². The second-order valence-electron chi connectivity index (χ2n) is 6.48. The standard InChI is InChI=1S/C17H27NO2/c1-12-11-18-14(13(2)16(12)20-4)10-15(19)17(3)8-6-5-7-9-17/h11,15,19H,5-10H2,1-4H3. The van der Waals surface area contributed by atoms with Gasteiger partial charge in [-0.15, -0.1) is 0 Å². The zero-order valence-electron chi connectivity index (χ0n) is 13.2. The number of rotatable bonds is 4. The molecule has 0 radical (unpaired) electrons. The average molecular weight is 277 g/mol. The Kier molecular flexibility index (Phi) is 4.69. The molecule has 1 unspecified atom stereocenters. The molecule has 1 aromatic rings. The zero-order valence-corrected chi connectivity index (χ0v) is 13.2. The van der Waals surface area contributed by atoms with Crippen LogP contribution in [0.2, 0.25) is 0 Å². The van der Waals surface area contributed by atoms with Crippen molar-refractivity contribution >= 4 is 0 Å². The first-order chi connectivity index (χ1) is 9.48. The van der Waals surface area contributed by atoms with Crippen LogP contribution in [0.4, 0.5) is 0 Å². The van der Waals surface area contributed by atoms with E-state index in [-0.39, 0.29) is 11.5 Å². The normalized spacial score (nSPS) is 19.6. The van der Waals surface area contributed by atoms with Crippen LogP contribution in [-0.4, -0.2) is 23.3 Å². The summed E-state index contributed by atoms with van der Waals surface area (Å²) in [4.78, 5) is 4.51. The third-order valence-electron chi connectivity index (χ3n) is 4.94. The number of aliphatic hydroxyl groups excluding tert-OH is 1. The minimum absolute atomic E-state index is 0.0461. The molecule has 3 heteroatoms. The minimum Gasteiger partial charge on any atom is -0.496 e. The number of ether oxygens (including phenoxy) is 1. The van der Waals surface area contributed by atoms with Gasteiger partial charge in [-0.25, -0.2) is 0 Å². The third-order valence-corrected chi connectivity index (χ3v) is 4.94. The summed E-state index contributed by atoms with van der Waals surface area (Å²) in [5, 5.41) is 10.7. The van der Waals surface area contributed by atoms with Gasteiger partial charge >= 0.3 is 0 Å². The molecule has 0 amide bonds. The summed E-state index contributed by atoms with van der Waals surface area (Å²) in [5.74, 6) is 0.899. The van der Waals surface area contributed by atoms with E-state index in [0.29, 0.717) is 6.42 Å². The third kappa shape index (κ3) is 2.98. The van der Waals surface area contributed by atoms with Gasteiger partial charge in [0, 0.05) is 29.4 Å². The number of aromatic nitrogens is 1. The van der Waals surface area contributed by atoms with Crippen LogP contribution in [0.1, 0.15) is 55.8 Å². The van der Waals surface area contributed by atoms with Crippen molar-refractivity contribution in [1.82, 2.24) is 4.98 Å². The van der Waals surface area contributed by atoms with Crippen molar-refractivity contribution in [3.05, 3.63) is 23.0 Å². The van der Waals surface area contributed by atoms with Crippen LogP contribution < -0.4 is 4.74 Å². The Bertz CT molecular complexity index is 464. The Hall–Kier alpha value is -1.09. The van der Waals surface area contributed by atoms with Crippen LogP contribution in [0.25, 0.3) is 0 Å². The largest absolute Gasteiger partial charge is 0.496 e. The van der Waals surface area contributed by atoms with E-state index in [1.54, 1.807) is 7.11 Å². The fourth-order valence-corrected chi connectivity index (χ4v) is 3.40. The number of aliphatic hydroxyl groups is 1. The molecule has 1 aliphatic carbocycles. The quantitative estimate of drug-likeness (QED) is 0.914. The molecular weight excluding hydrogens is 250 g/mol. The highest BCUT2D eigenvalue weighted by molar-refractivity contribution is 5.41. The number of pyridine rings is 1. The predicted molar refractivity (Wildman–Crippen MR) is 81.2 cm³/mol. The highest BCUT2D eigenvalue weighted by Gasteiger charge is 2.34. The molecule has 0 spiro atoms. The van der Waals surface area contributed by atoms with Crippen molar-refractivity contribution in [3.8, 4) is 5.75 Å². The molecule has 3 nitrogen and oxygen atoms in total. The number of nitrogens with zero attached hydrogens (tertiary/aromatic N) is 1. The van der Waals surface area contributed by atoms with Gasteiger partial charge in [-0.1, -0.05) is 26.2 Å². The van der Waals surface area contributed by atoms with Crippen LogP contribution in [-0.2, 0) is 6.42 Å². The maximum atomic E-state index is 10.7. The van der Waals surface area contributed by atoms with Gasteiger partial charge in [0.15, 0.2) is 0 Å². The van der Waals surface area contributed by atoms with E-state index >= 15 is 0 Å². The van der Waals surface area contributed by atoms with E-state index in [2.05, 4.69) is 11.9 Å². The fraction of sp³-hybridized carbons (Fsp3) is 0.706. The lowest BCUT2D eigenvalue weighted by atomic mass is 9.70. The van der Waals surface area contributed by atoms with E-state index < -0.39 is 0 Å². The van der Waals surface area contributed by atoms with Crippen LogP contribution in [0.3, 0.4) is 0 Å². The van der Waals surface area contributed by atoms with E-state index in [1.807, 2.05) is 20.0 Å². The van der Waals surface area contributed by atoms with Gasteiger partial charge in [-0.2, -0.15) is 0 Å². The van der Waals surface area contributed by atoms with Gasteiger partial charge < -0.3 is 9.84 Å². The lowest BCUT2D eigenvalue weighted by molar-refractivity contribution is 0.00965. The first kappa shape index (κ1) is 15.3. The summed E-state index contributed by atoms with van der Waals surface area (Å²) in [7, 11) is 1.69. The van der Waals surface area contributed by atoms with E-state index in [1.165, 1.54) is 19.3 Å². The van der Waals surface area contributed by atoms with Crippen LogP contribution in [0.5, 0.6) is 5.75 Å². The Morgan fingerprint density at radius 3 is 2.55 bits per heavy atom. The second kappa shape index (κ2) is 6.13. The Morgan fingerprint density at radius 2 is 1.95 bits per heavy atom. The van der Waals surface area contributed by atoms with Gasteiger partial charge in [-0.05, 0) is 32.1 Å². The van der Waals surface area contributed by atoms with Crippen LogP contribution >= 0.6 is 0 Å². The Morgan fingerprint density at radius 1 is 1.30 bits per heavy atom. The van der Waals surface area contributed by atoms with Crippen molar-refractivity contribution in [2.45, 2.75) is 65.4 Å². The summed E-state index contributed by atoms with van der Waals surface area (Å²) in [6.45, 7) is 6.25. The maximum Gasteiger partial charge on any atom is 0.128 e. The molecule has 0 bridgehead atoms. The van der Waals surface area contributed by atoms with Gasteiger partial charge in [0.2, 0.25) is 0 Å². The van der Waals surface area contributed by atoms with E-state index in [0.717, 1.165) is 35.4 Å². The van der Waals surface area contributed by atoms with E-state index in [9.17, 15) is 5.11 Å². The molecule has 0 saturated heterocycles.